The van der Waals surface area contributed by atoms with Gasteiger partial charge in [0, 0.05) is 34.3 Å². The highest BCUT2D eigenvalue weighted by molar-refractivity contribution is 6.30. The Balaban J connectivity index is 0.000000220. The average molecular weight is 465 g/mol. The van der Waals surface area contributed by atoms with Crippen LogP contribution in [-0.2, 0) is 6.54 Å². The molecule has 0 spiro atoms. The number of urea groups is 1. The predicted molar refractivity (Wildman–Crippen MR) is 120 cm³/mol. The zero-order valence-electron chi connectivity index (χ0n) is 16.9. The quantitative estimate of drug-likeness (QED) is 0.442. The van der Waals surface area contributed by atoms with Crippen molar-refractivity contribution >= 4 is 35.1 Å². The van der Waals surface area contributed by atoms with Crippen LogP contribution in [0.2, 0.25) is 10.0 Å². The molecule has 0 radical (unpaired) electrons. The summed E-state index contributed by atoms with van der Waals surface area (Å²) in [5.41, 5.74) is 5.57. The lowest BCUT2D eigenvalue weighted by atomic mass is 10.2. The Labute approximate surface area is 188 Å². The van der Waals surface area contributed by atoms with Crippen LogP contribution in [0.25, 0.3) is 11.4 Å². The van der Waals surface area contributed by atoms with Crippen LogP contribution in [0.5, 0.6) is 0 Å². The van der Waals surface area contributed by atoms with Gasteiger partial charge < -0.3 is 5.32 Å². The number of nitrogens with zero attached hydrogens (tertiary/aromatic N) is 2. The summed E-state index contributed by atoms with van der Waals surface area (Å²) in [6, 6.07) is 13.1. The Kier molecular flexibility index (Phi) is 9.11. The molecule has 1 heterocycles. The second-order valence-corrected chi connectivity index (χ2v) is 6.92. The van der Waals surface area contributed by atoms with Gasteiger partial charge in [0.1, 0.15) is 0 Å². The topological polar surface area (TPSA) is 121 Å². The van der Waals surface area contributed by atoms with Crippen molar-refractivity contribution in [3.63, 3.8) is 0 Å². The summed E-state index contributed by atoms with van der Waals surface area (Å²) in [4.78, 5) is 33.8. The van der Waals surface area contributed by atoms with E-state index in [1.807, 2.05) is 19.1 Å². The molecule has 0 fully saturated rings. The van der Waals surface area contributed by atoms with Crippen LogP contribution in [0.15, 0.2) is 53.3 Å². The third-order valence-electron chi connectivity index (χ3n) is 3.91. The monoisotopic (exact) mass is 464 g/mol. The second-order valence-electron chi connectivity index (χ2n) is 6.05. The van der Waals surface area contributed by atoms with Crippen molar-refractivity contribution in [2.75, 3.05) is 6.54 Å². The first-order valence-corrected chi connectivity index (χ1v) is 10.1. The van der Waals surface area contributed by atoms with Crippen LogP contribution in [0.4, 0.5) is 4.79 Å². The third kappa shape index (κ3) is 7.16. The van der Waals surface area contributed by atoms with Crippen molar-refractivity contribution in [2.24, 2.45) is 0 Å². The van der Waals surface area contributed by atoms with Crippen molar-refractivity contribution in [3.8, 4) is 11.4 Å². The first-order valence-electron chi connectivity index (χ1n) is 9.36. The molecule has 0 atom stereocenters. The molecule has 0 saturated heterocycles. The molecule has 11 heteroatoms. The lowest BCUT2D eigenvalue weighted by Gasteiger charge is -2.07. The number of H-pyrrole nitrogens is 1. The van der Waals surface area contributed by atoms with Gasteiger partial charge in [-0.2, -0.15) is 5.10 Å². The SMILES string of the molecule is CCNC(=O)NNC(=O)c1ccc(Cl)cc1.CCn1c(-c2ccc(Cl)cc2)n[nH]c1=O. The number of amides is 3. The fraction of sp³-hybridized carbons (Fsp3) is 0.200. The molecule has 3 aromatic rings. The fourth-order valence-electron chi connectivity index (χ4n) is 2.42. The van der Waals surface area contributed by atoms with E-state index in [1.165, 1.54) is 0 Å². The summed E-state index contributed by atoms with van der Waals surface area (Å²) >= 11 is 11.5. The number of carbonyl (C=O) groups is 2. The van der Waals surface area contributed by atoms with Gasteiger partial charge in [0.2, 0.25) is 0 Å². The average Bonchev–Trinajstić information content (AvgIpc) is 3.14. The Hall–Kier alpha value is -3.30. The van der Waals surface area contributed by atoms with Crippen molar-refractivity contribution in [2.45, 2.75) is 20.4 Å². The molecule has 164 valence electrons. The van der Waals surface area contributed by atoms with E-state index in [0.717, 1.165) is 5.56 Å². The number of aromatic amines is 1. The van der Waals surface area contributed by atoms with E-state index >= 15 is 0 Å². The number of nitrogens with one attached hydrogen (secondary N) is 4. The summed E-state index contributed by atoms with van der Waals surface area (Å²) in [5.74, 6) is 0.238. The van der Waals surface area contributed by atoms with Crippen LogP contribution in [0.3, 0.4) is 0 Å². The summed E-state index contributed by atoms with van der Waals surface area (Å²) in [5, 5.41) is 10.1. The zero-order chi connectivity index (χ0) is 22.8. The van der Waals surface area contributed by atoms with Crippen molar-refractivity contribution < 1.29 is 9.59 Å². The molecular formula is C20H22Cl2N6O3. The Bertz CT molecular complexity index is 1060. The molecule has 9 nitrogen and oxygen atoms in total. The molecule has 0 unspecified atom stereocenters. The van der Waals surface area contributed by atoms with Gasteiger partial charge in [-0.1, -0.05) is 23.2 Å². The lowest BCUT2D eigenvalue weighted by Crippen LogP contribution is -2.46. The number of rotatable bonds is 4. The minimum Gasteiger partial charge on any atom is -0.337 e. The first-order chi connectivity index (χ1) is 14.8. The summed E-state index contributed by atoms with van der Waals surface area (Å²) < 4.78 is 1.57. The lowest BCUT2D eigenvalue weighted by molar-refractivity contribution is 0.0936. The van der Waals surface area contributed by atoms with E-state index in [-0.39, 0.29) is 5.69 Å². The highest BCUT2D eigenvalue weighted by Crippen LogP contribution is 2.18. The molecule has 0 aliphatic rings. The molecule has 4 N–H and O–H groups in total. The van der Waals surface area contributed by atoms with Gasteiger partial charge in [-0.05, 0) is 62.4 Å². The number of aromatic nitrogens is 3. The number of halogens is 2. The van der Waals surface area contributed by atoms with Crippen LogP contribution >= 0.6 is 23.2 Å². The fourth-order valence-corrected chi connectivity index (χ4v) is 2.67. The highest BCUT2D eigenvalue weighted by atomic mass is 35.5. The molecule has 0 aliphatic heterocycles. The molecule has 1 aromatic heterocycles. The van der Waals surface area contributed by atoms with Crippen molar-refractivity contribution in [1.82, 2.24) is 30.9 Å². The van der Waals surface area contributed by atoms with Gasteiger partial charge in [0.15, 0.2) is 5.82 Å². The second kappa shape index (κ2) is 11.8. The van der Waals surface area contributed by atoms with E-state index in [1.54, 1.807) is 47.9 Å². The number of hydrogen-bond acceptors (Lipinski definition) is 4. The van der Waals surface area contributed by atoms with Crippen LogP contribution in [0.1, 0.15) is 24.2 Å². The standard InChI is InChI=1S/C10H12ClN3O2.C10H10ClN3O/c1-2-12-10(16)14-13-9(15)7-3-5-8(11)6-4-7;1-2-14-9(12-13-10(14)15)7-3-5-8(11)6-4-7/h3-6H,2H2,1H3,(H,13,15)(H2,12,14,16);3-6H,2H2,1H3,(H,13,15). The smallest absolute Gasteiger partial charge is 0.337 e. The Morgan fingerprint density at radius 1 is 0.968 bits per heavy atom. The first kappa shape index (κ1) is 24.0. The van der Waals surface area contributed by atoms with Crippen LogP contribution < -0.4 is 21.9 Å². The summed E-state index contributed by atoms with van der Waals surface area (Å²) in [6.07, 6.45) is 0. The number of hydrogen-bond donors (Lipinski definition) is 4. The molecule has 0 aliphatic carbocycles. The van der Waals surface area contributed by atoms with Crippen molar-refractivity contribution in [1.29, 1.82) is 0 Å². The predicted octanol–water partition coefficient (Wildman–Crippen LogP) is 3.22. The van der Waals surface area contributed by atoms with Gasteiger partial charge in [-0.15, -0.1) is 0 Å². The van der Waals surface area contributed by atoms with Gasteiger partial charge in [-0.25, -0.2) is 20.1 Å². The maximum atomic E-state index is 11.5. The normalized spacial score (nSPS) is 9.94. The Morgan fingerprint density at radius 3 is 2.10 bits per heavy atom. The van der Waals surface area contributed by atoms with Gasteiger partial charge in [0.05, 0.1) is 0 Å². The molecule has 3 amide bonds. The van der Waals surface area contributed by atoms with E-state index in [4.69, 9.17) is 23.2 Å². The number of hydrazine groups is 1. The highest BCUT2D eigenvalue weighted by Gasteiger charge is 2.08. The Morgan fingerprint density at radius 2 is 1.55 bits per heavy atom. The van der Waals surface area contributed by atoms with Gasteiger partial charge >= 0.3 is 11.7 Å². The summed E-state index contributed by atoms with van der Waals surface area (Å²) in [7, 11) is 0. The molecular weight excluding hydrogens is 443 g/mol. The van der Waals surface area contributed by atoms with Crippen molar-refractivity contribution in [3.05, 3.63) is 74.6 Å². The largest absolute Gasteiger partial charge is 0.343 e. The molecule has 0 saturated carbocycles. The van der Waals surface area contributed by atoms with E-state index in [2.05, 4.69) is 26.4 Å². The van der Waals surface area contributed by atoms with Gasteiger partial charge in [0.25, 0.3) is 5.91 Å². The maximum absolute atomic E-state index is 11.5. The summed E-state index contributed by atoms with van der Waals surface area (Å²) in [6.45, 7) is 4.76. The van der Waals surface area contributed by atoms with Gasteiger partial charge in [-0.3, -0.25) is 14.8 Å². The molecule has 2 aromatic carbocycles. The minimum absolute atomic E-state index is 0.192. The molecule has 0 bridgehead atoms. The van der Waals surface area contributed by atoms with E-state index in [9.17, 15) is 14.4 Å². The number of carbonyl (C=O) groups excluding carboxylic acids is 2. The maximum Gasteiger partial charge on any atom is 0.343 e. The van der Waals surface area contributed by atoms with E-state index < -0.39 is 11.9 Å². The molecule has 3 rings (SSSR count). The third-order valence-corrected chi connectivity index (χ3v) is 4.41. The molecule has 31 heavy (non-hydrogen) atoms. The van der Waals surface area contributed by atoms with E-state index in [0.29, 0.717) is 34.5 Å². The number of benzene rings is 2. The zero-order valence-corrected chi connectivity index (χ0v) is 18.4. The minimum atomic E-state index is -0.454. The van der Waals surface area contributed by atoms with Crippen LogP contribution in [0, 0.1) is 0 Å². The van der Waals surface area contributed by atoms with Crippen LogP contribution in [-0.4, -0.2) is 33.2 Å².